The maximum atomic E-state index is 13.3. The fourth-order valence-electron chi connectivity index (χ4n) is 3.82. The van der Waals surface area contributed by atoms with Crippen LogP contribution in [0.3, 0.4) is 0 Å². The van der Waals surface area contributed by atoms with Crippen molar-refractivity contribution in [1.82, 2.24) is 3.97 Å². The van der Waals surface area contributed by atoms with Gasteiger partial charge in [-0.25, -0.2) is 12.4 Å². The number of fused-ring (bicyclic) bond motifs is 1. The summed E-state index contributed by atoms with van der Waals surface area (Å²) in [5.41, 5.74) is 3.55. The molecule has 146 valence electrons. The SMILES string of the molecule is CCOC(=O)[C@H]1C[C@@H]1c1cn(S(=O)(=O)c2ccc(C)cc2)c2cccc(C)c12. The molecule has 0 saturated heterocycles. The van der Waals surface area contributed by atoms with E-state index in [1.54, 1.807) is 37.4 Å². The minimum atomic E-state index is -3.73. The zero-order valence-electron chi connectivity index (χ0n) is 16.2. The topological polar surface area (TPSA) is 65.4 Å². The summed E-state index contributed by atoms with van der Waals surface area (Å²) in [6.45, 7) is 6.03. The largest absolute Gasteiger partial charge is 0.466 e. The quantitative estimate of drug-likeness (QED) is 0.607. The minimum absolute atomic E-state index is 0.00267. The van der Waals surface area contributed by atoms with Crippen molar-refractivity contribution >= 4 is 26.9 Å². The second kappa shape index (κ2) is 6.78. The Balaban J connectivity index is 1.84. The Labute approximate surface area is 165 Å². The van der Waals surface area contributed by atoms with Crippen LogP contribution in [0.2, 0.25) is 0 Å². The molecule has 0 bridgehead atoms. The first-order valence-electron chi connectivity index (χ1n) is 9.44. The number of carbonyl (C=O) groups excluding carboxylic acids is 1. The molecular formula is C22H23NO4S. The number of hydrogen-bond donors (Lipinski definition) is 0. The molecule has 1 fully saturated rings. The summed E-state index contributed by atoms with van der Waals surface area (Å²) < 4.78 is 33.1. The van der Waals surface area contributed by atoms with Crippen molar-refractivity contribution in [3.63, 3.8) is 0 Å². The van der Waals surface area contributed by atoms with Gasteiger partial charge in [0.1, 0.15) is 0 Å². The van der Waals surface area contributed by atoms with Crippen LogP contribution >= 0.6 is 0 Å². The van der Waals surface area contributed by atoms with E-state index in [9.17, 15) is 13.2 Å². The lowest BCUT2D eigenvalue weighted by Gasteiger charge is -2.08. The van der Waals surface area contributed by atoms with Crippen molar-refractivity contribution in [3.8, 4) is 0 Å². The smallest absolute Gasteiger partial charge is 0.309 e. The van der Waals surface area contributed by atoms with Gasteiger partial charge in [-0.15, -0.1) is 0 Å². The third kappa shape index (κ3) is 3.02. The third-order valence-corrected chi connectivity index (χ3v) is 7.08. The standard InChI is InChI=1S/C22H23NO4S/c1-4-27-22(24)18-12-17(18)19-13-23(20-7-5-6-15(3)21(19)20)28(25,26)16-10-8-14(2)9-11-16/h5-11,13,17-18H,4,12H2,1-3H3/t17-,18-/m0/s1. The molecule has 2 atom stereocenters. The van der Waals surface area contributed by atoms with Gasteiger partial charge in [0.25, 0.3) is 10.0 Å². The number of hydrogen-bond acceptors (Lipinski definition) is 4. The zero-order valence-corrected chi connectivity index (χ0v) is 17.0. The van der Waals surface area contributed by atoms with E-state index in [2.05, 4.69) is 0 Å². The van der Waals surface area contributed by atoms with Crippen LogP contribution in [0.4, 0.5) is 0 Å². The van der Waals surface area contributed by atoms with Gasteiger partial charge in [-0.3, -0.25) is 4.79 Å². The lowest BCUT2D eigenvalue weighted by molar-refractivity contribution is -0.144. The summed E-state index contributed by atoms with van der Waals surface area (Å²) in [5, 5.41) is 0.912. The number of carbonyl (C=O) groups is 1. The fourth-order valence-corrected chi connectivity index (χ4v) is 5.19. The van der Waals surface area contributed by atoms with Crippen LogP contribution in [-0.2, 0) is 19.6 Å². The van der Waals surface area contributed by atoms with Gasteiger partial charge in [0.05, 0.1) is 22.9 Å². The van der Waals surface area contributed by atoms with E-state index in [4.69, 9.17) is 4.74 Å². The van der Waals surface area contributed by atoms with Gasteiger partial charge in [0.2, 0.25) is 0 Å². The Morgan fingerprint density at radius 1 is 1.14 bits per heavy atom. The maximum absolute atomic E-state index is 13.3. The van der Waals surface area contributed by atoms with Gasteiger partial charge < -0.3 is 4.74 Å². The van der Waals surface area contributed by atoms with Gasteiger partial charge in [-0.2, -0.15) is 0 Å². The number of nitrogens with zero attached hydrogens (tertiary/aromatic N) is 1. The van der Waals surface area contributed by atoms with Crippen molar-refractivity contribution in [2.45, 2.75) is 38.0 Å². The first kappa shape index (κ1) is 18.7. The second-order valence-electron chi connectivity index (χ2n) is 7.37. The molecular weight excluding hydrogens is 374 g/mol. The van der Waals surface area contributed by atoms with Crippen LogP contribution in [0.1, 0.15) is 36.0 Å². The van der Waals surface area contributed by atoms with Gasteiger partial charge >= 0.3 is 5.97 Å². The van der Waals surface area contributed by atoms with E-state index >= 15 is 0 Å². The maximum Gasteiger partial charge on any atom is 0.309 e. The van der Waals surface area contributed by atoms with Crippen LogP contribution in [0, 0.1) is 19.8 Å². The van der Waals surface area contributed by atoms with Crippen LogP contribution in [0.15, 0.2) is 53.6 Å². The monoisotopic (exact) mass is 397 g/mol. The highest BCUT2D eigenvalue weighted by Gasteiger charge is 2.47. The highest BCUT2D eigenvalue weighted by molar-refractivity contribution is 7.90. The molecule has 1 aliphatic rings. The lowest BCUT2D eigenvalue weighted by atomic mass is 10.0. The van der Waals surface area contributed by atoms with Crippen LogP contribution in [0.5, 0.6) is 0 Å². The highest BCUT2D eigenvalue weighted by Crippen LogP contribution is 2.51. The summed E-state index contributed by atoms with van der Waals surface area (Å²) in [7, 11) is -3.73. The number of aromatic nitrogens is 1. The zero-order chi connectivity index (χ0) is 20.1. The average Bonchev–Trinajstić information content (AvgIpc) is 3.35. The minimum Gasteiger partial charge on any atom is -0.466 e. The molecule has 5 nitrogen and oxygen atoms in total. The summed E-state index contributed by atoms with van der Waals surface area (Å²) in [6, 6.07) is 12.5. The number of aryl methyl sites for hydroxylation is 2. The van der Waals surface area contributed by atoms with E-state index in [0.29, 0.717) is 18.5 Å². The van der Waals surface area contributed by atoms with Gasteiger partial charge in [0, 0.05) is 17.5 Å². The summed E-state index contributed by atoms with van der Waals surface area (Å²) in [6.07, 6.45) is 2.38. The molecule has 1 heterocycles. The first-order chi connectivity index (χ1) is 13.3. The molecule has 1 saturated carbocycles. The predicted octanol–water partition coefficient (Wildman–Crippen LogP) is 4.16. The Bertz CT molecular complexity index is 1160. The molecule has 1 aromatic heterocycles. The van der Waals surface area contributed by atoms with Gasteiger partial charge in [-0.1, -0.05) is 29.8 Å². The molecule has 4 rings (SSSR count). The number of esters is 1. The predicted molar refractivity (Wildman–Crippen MR) is 108 cm³/mol. The van der Waals surface area contributed by atoms with Crippen molar-refractivity contribution in [1.29, 1.82) is 0 Å². The highest BCUT2D eigenvalue weighted by atomic mass is 32.2. The van der Waals surface area contributed by atoms with Crippen molar-refractivity contribution in [2.24, 2.45) is 5.92 Å². The molecule has 0 amide bonds. The summed E-state index contributed by atoms with van der Waals surface area (Å²) in [5.74, 6) is -0.402. The average molecular weight is 397 g/mol. The normalized spacial score (nSPS) is 19.0. The van der Waals surface area contributed by atoms with Crippen molar-refractivity contribution < 1.29 is 17.9 Å². The Morgan fingerprint density at radius 2 is 1.86 bits per heavy atom. The Kier molecular flexibility index (Phi) is 4.54. The van der Waals surface area contributed by atoms with Crippen LogP contribution in [0.25, 0.3) is 10.9 Å². The van der Waals surface area contributed by atoms with E-state index < -0.39 is 10.0 Å². The molecule has 1 aliphatic carbocycles. The van der Waals surface area contributed by atoms with Gasteiger partial charge in [0.15, 0.2) is 0 Å². The molecule has 3 aromatic rings. The molecule has 6 heteroatoms. The van der Waals surface area contributed by atoms with Gasteiger partial charge in [-0.05, 0) is 56.5 Å². The van der Waals surface area contributed by atoms with E-state index in [1.165, 1.54) is 3.97 Å². The molecule has 0 spiro atoms. The summed E-state index contributed by atoms with van der Waals surface area (Å²) >= 11 is 0. The van der Waals surface area contributed by atoms with Crippen LogP contribution in [-0.4, -0.2) is 25.0 Å². The first-order valence-corrected chi connectivity index (χ1v) is 10.9. The molecule has 2 aromatic carbocycles. The third-order valence-electron chi connectivity index (χ3n) is 5.39. The fraction of sp³-hybridized carbons (Fsp3) is 0.318. The lowest BCUT2D eigenvalue weighted by Crippen LogP contribution is -2.12. The molecule has 0 aliphatic heterocycles. The summed E-state index contributed by atoms with van der Waals surface area (Å²) in [4.78, 5) is 12.4. The molecule has 28 heavy (non-hydrogen) atoms. The Hall–Kier alpha value is -2.60. The molecule has 0 unspecified atom stereocenters. The van der Waals surface area contributed by atoms with Crippen molar-refractivity contribution in [3.05, 3.63) is 65.4 Å². The number of benzene rings is 2. The Morgan fingerprint density at radius 3 is 2.54 bits per heavy atom. The van der Waals surface area contributed by atoms with E-state index in [1.807, 2.05) is 32.0 Å². The number of ether oxygens (including phenoxy) is 1. The second-order valence-corrected chi connectivity index (χ2v) is 9.18. The van der Waals surface area contributed by atoms with E-state index in [0.717, 1.165) is 22.1 Å². The van der Waals surface area contributed by atoms with Crippen molar-refractivity contribution in [2.75, 3.05) is 6.61 Å². The van der Waals surface area contributed by atoms with Crippen LogP contribution < -0.4 is 0 Å². The van der Waals surface area contributed by atoms with E-state index in [-0.39, 0.29) is 22.7 Å². The number of rotatable bonds is 5. The molecule has 0 N–H and O–H groups in total. The molecule has 0 radical (unpaired) electrons.